The number of hydrogen-bond donors (Lipinski definition) is 1. The van der Waals surface area contributed by atoms with E-state index >= 15 is 0 Å². The van der Waals surface area contributed by atoms with Crippen LogP contribution in [0.1, 0.15) is 37.6 Å². The van der Waals surface area contributed by atoms with E-state index in [1.165, 1.54) is 17.4 Å². The van der Waals surface area contributed by atoms with Crippen LogP contribution in [0.4, 0.5) is 0 Å². The third kappa shape index (κ3) is 3.54. The number of benzene rings is 1. The molecule has 1 aromatic carbocycles. The van der Waals surface area contributed by atoms with Crippen molar-refractivity contribution in [2.24, 2.45) is 0 Å². The number of nitrogens with one attached hydrogen (secondary N) is 1. The third-order valence-electron chi connectivity index (χ3n) is 3.51. The Hall–Kier alpha value is -0.930. The van der Waals surface area contributed by atoms with Crippen LogP contribution in [0.3, 0.4) is 0 Å². The molecule has 0 amide bonds. The summed E-state index contributed by atoms with van der Waals surface area (Å²) in [6, 6.07) is 8.78. The normalized spacial score (nSPS) is 14.7. The summed E-state index contributed by atoms with van der Waals surface area (Å²) in [6.07, 6.45) is 1.21. The van der Waals surface area contributed by atoms with Crippen molar-refractivity contribution >= 4 is 22.7 Å². The Morgan fingerprint density at radius 3 is 2.79 bits per heavy atom. The van der Waals surface area contributed by atoms with Crippen LogP contribution in [0.5, 0.6) is 0 Å². The zero-order valence-electron chi connectivity index (χ0n) is 12.2. The van der Waals surface area contributed by atoms with E-state index in [9.17, 15) is 0 Å². The Bertz CT molecular complexity index is 535. The first-order valence-electron chi connectivity index (χ1n) is 6.93. The lowest BCUT2D eigenvalue weighted by Gasteiger charge is -2.15. The first-order valence-corrected chi connectivity index (χ1v) is 7.98. The Kier molecular flexibility index (Phi) is 4.94. The summed E-state index contributed by atoms with van der Waals surface area (Å²) in [4.78, 5) is 0. The largest absolute Gasteiger partial charge is 0.459 e. The molecule has 0 fully saturated rings. The molecule has 2 aromatic rings. The highest BCUT2D eigenvalue weighted by atomic mass is 32.2. The fourth-order valence-electron chi connectivity index (χ4n) is 2.04. The topological polar surface area (TPSA) is 25.2 Å². The number of hydrogen-bond acceptors (Lipinski definition) is 3. The molecule has 2 atom stereocenters. The minimum Gasteiger partial charge on any atom is -0.459 e. The van der Waals surface area contributed by atoms with Gasteiger partial charge >= 0.3 is 0 Å². The van der Waals surface area contributed by atoms with Gasteiger partial charge in [-0.3, -0.25) is 0 Å². The highest BCUT2D eigenvalue weighted by Gasteiger charge is 2.15. The molecule has 2 unspecified atom stereocenters. The molecule has 0 aliphatic heterocycles. The molecule has 0 radical (unpaired) electrons. The molecule has 0 aliphatic rings. The second-order valence-electron chi connectivity index (χ2n) is 5.08. The van der Waals surface area contributed by atoms with Crippen molar-refractivity contribution in [2.45, 2.75) is 38.5 Å². The number of aryl methyl sites for hydroxylation is 1. The first kappa shape index (κ1) is 14.5. The van der Waals surface area contributed by atoms with E-state index in [2.05, 4.69) is 50.4 Å². The van der Waals surface area contributed by atoms with Crippen LogP contribution in [-0.2, 0) is 0 Å². The lowest BCUT2D eigenvalue weighted by molar-refractivity contribution is 0.479. The van der Waals surface area contributed by atoms with Gasteiger partial charge in [0.15, 0.2) is 0 Å². The Morgan fingerprint density at radius 1 is 1.32 bits per heavy atom. The van der Waals surface area contributed by atoms with E-state index in [4.69, 9.17) is 4.42 Å². The molecule has 0 saturated carbocycles. The second kappa shape index (κ2) is 6.49. The van der Waals surface area contributed by atoms with Gasteiger partial charge in [-0.1, -0.05) is 25.5 Å². The second-order valence-corrected chi connectivity index (χ2v) is 6.55. The first-order chi connectivity index (χ1) is 9.13. The minimum atomic E-state index is 0.284. The standard InChI is InChI=1S/C16H23NOS/c1-5-12(3)19-10-14(17-4)16-9-13-8-11(2)6-7-15(13)18-16/h6-9,12,14,17H,5,10H2,1-4H3. The summed E-state index contributed by atoms with van der Waals surface area (Å²) in [5, 5.41) is 5.25. The predicted molar refractivity (Wildman–Crippen MR) is 85.0 cm³/mol. The summed E-state index contributed by atoms with van der Waals surface area (Å²) < 4.78 is 5.97. The Morgan fingerprint density at radius 2 is 2.11 bits per heavy atom. The van der Waals surface area contributed by atoms with Gasteiger partial charge in [0.05, 0.1) is 6.04 Å². The highest BCUT2D eigenvalue weighted by Crippen LogP contribution is 2.28. The van der Waals surface area contributed by atoms with Gasteiger partial charge in [-0.05, 0) is 38.6 Å². The van der Waals surface area contributed by atoms with E-state index in [0.717, 1.165) is 17.1 Å². The Labute approximate surface area is 119 Å². The summed E-state index contributed by atoms with van der Waals surface area (Å²) in [5.41, 5.74) is 2.25. The fraction of sp³-hybridized carbons (Fsp3) is 0.500. The maximum atomic E-state index is 5.97. The third-order valence-corrected chi connectivity index (χ3v) is 4.93. The molecule has 3 heteroatoms. The SMILES string of the molecule is CCC(C)SCC(NC)c1cc2cc(C)ccc2o1. The van der Waals surface area contributed by atoms with Gasteiger partial charge in [-0.15, -0.1) is 0 Å². The van der Waals surface area contributed by atoms with Crippen LogP contribution in [0.25, 0.3) is 11.0 Å². The average Bonchev–Trinajstić information content (AvgIpc) is 2.81. The molecule has 0 aliphatic carbocycles. The summed E-state index contributed by atoms with van der Waals surface area (Å²) in [7, 11) is 2.00. The van der Waals surface area contributed by atoms with Crippen molar-refractivity contribution < 1.29 is 4.42 Å². The monoisotopic (exact) mass is 277 g/mol. The van der Waals surface area contributed by atoms with Crippen molar-refractivity contribution in [1.29, 1.82) is 0 Å². The maximum Gasteiger partial charge on any atom is 0.134 e. The highest BCUT2D eigenvalue weighted by molar-refractivity contribution is 7.99. The average molecular weight is 277 g/mol. The van der Waals surface area contributed by atoms with Crippen molar-refractivity contribution in [3.8, 4) is 0 Å². The van der Waals surface area contributed by atoms with E-state index in [1.807, 2.05) is 18.8 Å². The van der Waals surface area contributed by atoms with Crippen LogP contribution in [0, 0.1) is 6.92 Å². The number of fused-ring (bicyclic) bond motifs is 1. The quantitative estimate of drug-likeness (QED) is 0.839. The van der Waals surface area contributed by atoms with Gasteiger partial charge in [-0.25, -0.2) is 0 Å². The fourth-order valence-corrected chi connectivity index (χ4v) is 3.13. The molecule has 0 spiro atoms. The zero-order valence-corrected chi connectivity index (χ0v) is 13.0. The molecule has 2 nitrogen and oxygen atoms in total. The smallest absolute Gasteiger partial charge is 0.134 e. The lowest BCUT2D eigenvalue weighted by atomic mass is 10.1. The van der Waals surface area contributed by atoms with Crippen LogP contribution >= 0.6 is 11.8 Å². The molecule has 2 rings (SSSR count). The molecule has 0 bridgehead atoms. The Balaban J connectivity index is 2.16. The molecule has 0 saturated heterocycles. The number of thioether (sulfide) groups is 1. The zero-order chi connectivity index (χ0) is 13.8. The van der Waals surface area contributed by atoms with Crippen LogP contribution in [-0.4, -0.2) is 18.1 Å². The van der Waals surface area contributed by atoms with Crippen LogP contribution in [0.15, 0.2) is 28.7 Å². The molecule has 1 aromatic heterocycles. The molecule has 1 heterocycles. The minimum absolute atomic E-state index is 0.284. The lowest BCUT2D eigenvalue weighted by Crippen LogP contribution is -2.19. The van der Waals surface area contributed by atoms with Gasteiger partial charge in [0, 0.05) is 16.4 Å². The van der Waals surface area contributed by atoms with E-state index < -0.39 is 0 Å². The number of rotatable bonds is 6. The van der Waals surface area contributed by atoms with Gasteiger partial charge in [-0.2, -0.15) is 11.8 Å². The van der Waals surface area contributed by atoms with Crippen LogP contribution < -0.4 is 5.32 Å². The van der Waals surface area contributed by atoms with Crippen LogP contribution in [0.2, 0.25) is 0 Å². The summed E-state index contributed by atoms with van der Waals surface area (Å²) >= 11 is 1.99. The van der Waals surface area contributed by atoms with E-state index in [0.29, 0.717) is 5.25 Å². The number of furan rings is 1. The van der Waals surface area contributed by atoms with Crippen molar-refractivity contribution in [1.82, 2.24) is 5.32 Å². The molecule has 19 heavy (non-hydrogen) atoms. The van der Waals surface area contributed by atoms with Crippen molar-refractivity contribution in [3.05, 3.63) is 35.6 Å². The van der Waals surface area contributed by atoms with E-state index in [-0.39, 0.29) is 6.04 Å². The van der Waals surface area contributed by atoms with Crippen molar-refractivity contribution in [2.75, 3.05) is 12.8 Å². The summed E-state index contributed by atoms with van der Waals surface area (Å²) in [6.45, 7) is 6.62. The maximum absolute atomic E-state index is 5.97. The predicted octanol–water partition coefficient (Wildman–Crippen LogP) is 4.53. The summed E-state index contributed by atoms with van der Waals surface area (Å²) in [5.74, 6) is 2.09. The molecule has 104 valence electrons. The van der Waals surface area contributed by atoms with Gasteiger partial charge < -0.3 is 9.73 Å². The van der Waals surface area contributed by atoms with Gasteiger partial charge in [0.25, 0.3) is 0 Å². The van der Waals surface area contributed by atoms with E-state index in [1.54, 1.807) is 0 Å². The molecular formula is C16H23NOS. The molecular weight excluding hydrogens is 254 g/mol. The molecule has 1 N–H and O–H groups in total. The van der Waals surface area contributed by atoms with Crippen molar-refractivity contribution in [3.63, 3.8) is 0 Å². The van der Waals surface area contributed by atoms with Gasteiger partial charge in [0.2, 0.25) is 0 Å². The van der Waals surface area contributed by atoms with Gasteiger partial charge in [0.1, 0.15) is 11.3 Å².